The van der Waals surface area contributed by atoms with E-state index in [9.17, 15) is 4.79 Å². The van der Waals surface area contributed by atoms with Crippen LogP contribution in [0.15, 0.2) is 11.5 Å². The molecule has 6 heteroatoms. The van der Waals surface area contributed by atoms with Crippen molar-refractivity contribution in [1.29, 1.82) is 0 Å². The van der Waals surface area contributed by atoms with Gasteiger partial charge in [-0.1, -0.05) is 6.08 Å². The molecule has 1 atom stereocenters. The van der Waals surface area contributed by atoms with Gasteiger partial charge in [-0.3, -0.25) is 0 Å². The summed E-state index contributed by atoms with van der Waals surface area (Å²) < 4.78 is 17.3. The summed E-state index contributed by atoms with van der Waals surface area (Å²) in [5, 5.41) is 0. The van der Waals surface area contributed by atoms with E-state index in [0.29, 0.717) is 6.42 Å². The van der Waals surface area contributed by atoms with Gasteiger partial charge in [0.1, 0.15) is 6.10 Å². The second kappa shape index (κ2) is 5.41. The van der Waals surface area contributed by atoms with Crippen LogP contribution in [0.2, 0.25) is 0 Å². The molecule has 0 aromatic rings. The summed E-state index contributed by atoms with van der Waals surface area (Å²) in [5.41, 5.74) is 5.45. The van der Waals surface area contributed by atoms with Crippen LogP contribution in [0.3, 0.4) is 0 Å². The van der Waals surface area contributed by atoms with E-state index in [4.69, 9.17) is 19.8 Å². The Kier molecular flexibility index (Phi) is 4.16. The number of carbonyl (C=O) groups excluding carboxylic acids is 1. The lowest BCUT2D eigenvalue weighted by molar-refractivity contribution is 0.00578. The Balaban J connectivity index is 2.08. The lowest BCUT2D eigenvalue weighted by Crippen LogP contribution is -2.41. The summed E-state index contributed by atoms with van der Waals surface area (Å²) in [6.07, 6.45) is 4.61. The molecule has 2 rings (SSSR count). The Morgan fingerprint density at radius 1 is 1.35 bits per heavy atom. The van der Waals surface area contributed by atoms with Gasteiger partial charge in [-0.25, -0.2) is 4.79 Å². The number of hydrogen-bond acceptors (Lipinski definition) is 4. The molecule has 1 amide bonds. The molecular formula is C14H24BNO4. The number of primary amides is 1. The standard InChI is InChI=1S/C14H24BNO4/c1-13(2)14(3,4)20-15(19-13)10-7-5-6-8-11(9-10)18-12(16)17/h7,11H,5-6,8-9H2,1-4H3,(H2,16,17). The van der Waals surface area contributed by atoms with Gasteiger partial charge in [-0.05, 0) is 52.4 Å². The fourth-order valence-corrected chi connectivity index (χ4v) is 2.53. The largest absolute Gasteiger partial charge is 0.490 e. The van der Waals surface area contributed by atoms with Crippen molar-refractivity contribution in [2.45, 2.75) is 70.7 Å². The van der Waals surface area contributed by atoms with Crippen molar-refractivity contribution in [3.63, 3.8) is 0 Å². The molecule has 0 spiro atoms. The SMILES string of the molecule is CC1(C)OB(C2=CCCCC(OC(N)=O)C2)OC1(C)C. The average molecular weight is 281 g/mol. The van der Waals surface area contributed by atoms with E-state index < -0.39 is 6.09 Å². The van der Waals surface area contributed by atoms with Crippen molar-refractivity contribution in [3.8, 4) is 0 Å². The maximum Gasteiger partial charge on any atom is 0.490 e. The molecule has 1 fully saturated rings. The number of nitrogens with two attached hydrogens (primary N) is 1. The highest BCUT2D eigenvalue weighted by molar-refractivity contribution is 6.54. The first-order chi connectivity index (χ1) is 9.21. The third kappa shape index (κ3) is 3.18. The maximum absolute atomic E-state index is 10.9. The first kappa shape index (κ1) is 15.4. The fourth-order valence-electron chi connectivity index (χ4n) is 2.53. The lowest BCUT2D eigenvalue weighted by atomic mass is 9.75. The van der Waals surface area contributed by atoms with E-state index in [1.54, 1.807) is 0 Å². The number of allylic oxidation sites excluding steroid dienone is 1. The number of ether oxygens (including phenoxy) is 1. The van der Waals surface area contributed by atoms with Crippen molar-refractivity contribution in [2.75, 3.05) is 0 Å². The minimum atomic E-state index is -0.717. The molecule has 1 unspecified atom stereocenters. The van der Waals surface area contributed by atoms with Gasteiger partial charge in [0, 0.05) is 6.42 Å². The highest BCUT2D eigenvalue weighted by Gasteiger charge is 2.52. The van der Waals surface area contributed by atoms with Gasteiger partial charge in [0.2, 0.25) is 0 Å². The summed E-state index contributed by atoms with van der Waals surface area (Å²) in [5.74, 6) is 0. The normalized spacial score (nSPS) is 28.7. The van der Waals surface area contributed by atoms with E-state index in [0.717, 1.165) is 24.7 Å². The molecule has 0 aromatic heterocycles. The van der Waals surface area contributed by atoms with Gasteiger partial charge >= 0.3 is 13.2 Å². The van der Waals surface area contributed by atoms with Gasteiger partial charge < -0.3 is 19.8 Å². The molecule has 112 valence electrons. The summed E-state index contributed by atoms with van der Waals surface area (Å²) in [6, 6.07) is 0. The zero-order valence-corrected chi connectivity index (χ0v) is 12.8. The Bertz CT molecular complexity index is 403. The van der Waals surface area contributed by atoms with Crippen molar-refractivity contribution in [1.82, 2.24) is 0 Å². The van der Waals surface area contributed by atoms with Crippen LogP contribution in [0.5, 0.6) is 0 Å². The van der Waals surface area contributed by atoms with Crippen LogP contribution in [-0.4, -0.2) is 30.5 Å². The zero-order chi connectivity index (χ0) is 15.0. The van der Waals surface area contributed by atoms with E-state index >= 15 is 0 Å². The van der Waals surface area contributed by atoms with Crippen molar-refractivity contribution in [2.24, 2.45) is 5.73 Å². The molecule has 1 aliphatic carbocycles. The monoisotopic (exact) mass is 281 g/mol. The third-order valence-corrected chi connectivity index (χ3v) is 4.44. The average Bonchev–Trinajstić information content (AvgIpc) is 2.48. The predicted molar refractivity (Wildman–Crippen MR) is 77.1 cm³/mol. The van der Waals surface area contributed by atoms with Crippen LogP contribution in [0.4, 0.5) is 4.79 Å². The Labute approximate surface area is 121 Å². The topological polar surface area (TPSA) is 70.8 Å². The number of hydrogen-bond donors (Lipinski definition) is 1. The van der Waals surface area contributed by atoms with Crippen molar-refractivity contribution >= 4 is 13.2 Å². The van der Waals surface area contributed by atoms with Gasteiger partial charge in [0.05, 0.1) is 11.2 Å². The quantitative estimate of drug-likeness (QED) is 0.790. The molecule has 0 saturated carbocycles. The Morgan fingerprint density at radius 2 is 1.95 bits per heavy atom. The molecular weight excluding hydrogens is 257 g/mol. The zero-order valence-electron chi connectivity index (χ0n) is 12.8. The smallest absolute Gasteiger partial charge is 0.446 e. The highest BCUT2D eigenvalue weighted by Crippen LogP contribution is 2.40. The summed E-state index contributed by atoms with van der Waals surface area (Å²) in [6.45, 7) is 8.12. The van der Waals surface area contributed by atoms with Gasteiger partial charge in [-0.15, -0.1) is 0 Å². The van der Waals surface area contributed by atoms with E-state index in [2.05, 4.69) is 6.08 Å². The molecule has 0 bridgehead atoms. The summed E-state index contributed by atoms with van der Waals surface area (Å²) >= 11 is 0. The van der Waals surface area contributed by atoms with Crippen LogP contribution in [0.1, 0.15) is 53.4 Å². The Hall–Kier alpha value is -1.01. The first-order valence-electron chi connectivity index (χ1n) is 7.22. The van der Waals surface area contributed by atoms with Crippen LogP contribution in [0, 0.1) is 0 Å². The highest BCUT2D eigenvalue weighted by atomic mass is 16.7. The molecule has 20 heavy (non-hydrogen) atoms. The van der Waals surface area contributed by atoms with Crippen LogP contribution in [0.25, 0.3) is 0 Å². The van der Waals surface area contributed by atoms with Crippen LogP contribution in [-0.2, 0) is 14.0 Å². The van der Waals surface area contributed by atoms with Crippen molar-refractivity contribution in [3.05, 3.63) is 11.5 Å². The third-order valence-electron chi connectivity index (χ3n) is 4.44. The summed E-state index contributed by atoms with van der Waals surface area (Å²) in [4.78, 5) is 10.9. The van der Waals surface area contributed by atoms with E-state index in [1.165, 1.54) is 0 Å². The minimum Gasteiger partial charge on any atom is -0.446 e. The molecule has 1 saturated heterocycles. The van der Waals surface area contributed by atoms with Gasteiger partial charge in [0.15, 0.2) is 0 Å². The van der Waals surface area contributed by atoms with E-state index in [-0.39, 0.29) is 24.4 Å². The van der Waals surface area contributed by atoms with Gasteiger partial charge in [-0.2, -0.15) is 0 Å². The first-order valence-corrected chi connectivity index (χ1v) is 7.22. The Morgan fingerprint density at radius 3 is 2.50 bits per heavy atom. The molecule has 0 radical (unpaired) electrons. The predicted octanol–water partition coefficient (Wildman–Crippen LogP) is 2.58. The molecule has 1 aliphatic heterocycles. The minimum absolute atomic E-state index is 0.180. The summed E-state index contributed by atoms with van der Waals surface area (Å²) in [7, 11) is -0.364. The fraction of sp³-hybridized carbons (Fsp3) is 0.786. The van der Waals surface area contributed by atoms with E-state index in [1.807, 2.05) is 27.7 Å². The molecule has 0 aromatic carbocycles. The van der Waals surface area contributed by atoms with Gasteiger partial charge in [0.25, 0.3) is 0 Å². The lowest BCUT2D eigenvalue weighted by Gasteiger charge is -2.32. The number of amides is 1. The molecule has 1 heterocycles. The number of rotatable bonds is 2. The molecule has 2 aliphatic rings. The second-order valence-corrected chi connectivity index (χ2v) is 6.56. The second-order valence-electron chi connectivity index (χ2n) is 6.56. The molecule has 2 N–H and O–H groups in total. The van der Waals surface area contributed by atoms with Crippen LogP contribution < -0.4 is 5.73 Å². The van der Waals surface area contributed by atoms with Crippen molar-refractivity contribution < 1.29 is 18.8 Å². The van der Waals surface area contributed by atoms with Crippen LogP contribution >= 0.6 is 0 Å². The molecule has 5 nitrogen and oxygen atoms in total. The number of carbonyl (C=O) groups is 1. The maximum atomic E-state index is 10.9.